The Hall–Kier alpha value is -1.03. The molecule has 90 valence electrons. The Morgan fingerprint density at radius 2 is 1.88 bits per heavy atom. The molecule has 0 aliphatic rings. The van der Waals surface area contributed by atoms with Gasteiger partial charge in [0.15, 0.2) is 0 Å². The van der Waals surface area contributed by atoms with Crippen LogP contribution in [0.1, 0.15) is 29.5 Å². The second-order valence-electron chi connectivity index (χ2n) is 3.84. The van der Waals surface area contributed by atoms with Gasteiger partial charge in [-0.3, -0.25) is 0 Å². The van der Waals surface area contributed by atoms with Crippen molar-refractivity contribution in [3.63, 3.8) is 0 Å². The standard InChI is InChI=1S/C12H16F3N/c1-9-5-4-7-11(12(13,14)15)10(9)6-2-3-8-16/h4-5,7H,2-3,6,8,16H2,1H3. The molecular weight excluding hydrogens is 215 g/mol. The van der Waals surface area contributed by atoms with Gasteiger partial charge in [-0.1, -0.05) is 12.1 Å². The van der Waals surface area contributed by atoms with E-state index in [0.717, 1.165) is 12.5 Å². The molecule has 0 spiro atoms. The van der Waals surface area contributed by atoms with Gasteiger partial charge in [0, 0.05) is 0 Å². The Kier molecular flexibility index (Phi) is 4.35. The van der Waals surface area contributed by atoms with Gasteiger partial charge in [-0.05, 0) is 49.9 Å². The highest BCUT2D eigenvalue weighted by molar-refractivity contribution is 5.36. The van der Waals surface area contributed by atoms with E-state index < -0.39 is 11.7 Å². The third-order valence-electron chi connectivity index (χ3n) is 2.60. The molecule has 2 N–H and O–H groups in total. The van der Waals surface area contributed by atoms with Crippen LogP contribution in [-0.2, 0) is 12.6 Å². The molecule has 1 rings (SSSR count). The Morgan fingerprint density at radius 1 is 1.19 bits per heavy atom. The van der Waals surface area contributed by atoms with Crippen LogP contribution in [0, 0.1) is 6.92 Å². The van der Waals surface area contributed by atoms with Crippen LogP contribution in [0.3, 0.4) is 0 Å². The van der Waals surface area contributed by atoms with Gasteiger partial charge in [-0.2, -0.15) is 13.2 Å². The fraction of sp³-hybridized carbons (Fsp3) is 0.500. The van der Waals surface area contributed by atoms with Gasteiger partial charge in [-0.25, -0.2) is 0 Å². The number of alkyl halides is 3. The molecule has 1 nitrogen and oxygen atoms in total. The van der Waals surface area contributed by atoms with Crippen molar-refractivity contribution < 1.29 is 13.2 Å². The SMILES string of the molecule is Cc1cccc(C(F)(F)F)c1CCCCN. The van der Waals surface area contributed by atoms with E-state index in [-0.39, 0.29) is 0 Å². The Bertz CT molecular complexity index is 345. The monoisotopic (exact) mass is 231 g/mol. The van der Waals surface area contributed by atoms with E-state index in [9.17, 15) is 13.2 Å². The van der Waals surface area contributed by atoms with E-state index >= 15 is 0 Å². The third kappa shape index (κ3) is 3.23. The zero-order chi connectivity index (χ0) is 12.2. The number of nitrogens with two attached hydrogens (primary N) is 1. The number of unbranched alkanes of at least 4 members (excludes halogenated alkanes) is 1. The molecule has 0 heterocycles. The van der Waals surface area contributed by atoms with Crippen LogP contribution in [0.5, 0.6) is 0 Å². The molecule has 4 heteroatoms. The lowest BCUT2D eigenvalue weighted by Crippen LogP contribution is -2.11. The molecule has 16 heavy (non-hydrogen) atoms. The van der Waals surface area contributed by atoms with Gasteiger partial charge in [-0.15, -0.1) is 0 Å². The predicted octanol–water partition coefficient (Wildman–Crippen LogP) is 3.30. The Balaban J connectivity index is 2.95. The molecule has 0 saturated heterocycles. The van der Waals surface area contributed by atoms with Crippen LogP contribution in [0.25, 0.3) is 0 Å². The first-order chi connectivity index (χ1) is 7.46. The summed E-state index contributed by atoms with van der Waals surface area (Å²) in [5, 5.41) is 0. The normalized spacial score (nSPS) is 11.8. The van der Waals surface area contributed by atoms with Crippen LogP contribution >= 0.6 is 0 Å². The maximum absolute atomic E-state index is 12.7. The van der Waals surface area contributed by atoms with Crippen LogP contribution in [0.4, 0.5) is 13.2 Å². The minimum absolute atomic E-state index is 0.406. The van der Waals surface area contributed by atoms with E-state index in [0.29, 0.717) is 30.5 Å². The van der Waals surface area contributed by atoms with Crippen LogP contribution in [0.15, 0.2) is 18.2 Å². The highest BCUT2D eigenvalue weighted by Crippen LogP contribution is 2.33. The van der Waals surface area contributed by atoms with Gasteiger partial charge in [0.05, 0.1) is 5.56 Å². The van der Waals surface area contributed by atoms with Gasteiger partial charge in [0.1, 0.15) is 0 Å². The summed E-state index contributed by atoms with van der Waals surface area (Å²) in [6, 6.07) is 4.31. The molecule has 0 aliphatic carbocycles. The lowest BCUT2D eigenvalue weighted by molar-refractivity contribution is -0.138. The van der Waals surface area contributed by atoms with E-state index in [1.54, 1.807) is 13.0 Å². The van der Waals surface area contributed by atoms with Crippen molar-refractivity contribution in [2.75, 3.05) is 6.54 Å². The van der Waals surface area contributed by atoms with Crippen molar-refractivity contribution in [1.82, 2.24) is 0 Å². The van der Waals surface area contributed by atoms with Crippen molar-refractivity contribution in [2.24, 2.45) is 5.73 Å². The summed E-state index contributed by atoms with van der Waals surface area (Å²) in [6.45, 7) is 2.24. The average Bonchev–Trinajstić information content (AvgIpc) is 2.19. The summed E-state index contributed by atoms with van der Waals surface area (Å²) in [7, 11) is 0. The summed E-state index contributed by atoms with van der Waals surface area (Å²) in [5.41, 5.74) is 5.93. The highest BCUT2D eigenvalue weighted by atomic mass is 19.4. The minimum atomic E-state index is -4.26. The van der Waals surface area contributed by atoms with Gasteiger partial charge < -0.3 is 5.73 Å². The fourth-order valence-corrected chi connectivity index (χ4v) is 1.75. The first-order valence-electron chi connectivity index (χ1n) is 5.32. The molecule has 0 aromatic heterocycles. The van der Waals surface area contributed by atoms with Gasteiger partial charge >= 0.3 is 6.18 Å². The predicted molar refractivity (Wildman–Crippen MR) is 58.2 cm³/mol. The van der Waals surface area contributed by atoms with Crippen LogP contribution in [0.2, 0.25) is 0 Å². The average molecular weight is 231 g/mol. The van der Waals surface area contributed by atoms with Crippen LogP contribution in [-0.4, -0.2) is 6.54 Å². The number of rotatable bonds is 4. The summed E-state index contributed by atoms with van der Waals surface area (Å²) < 4.78 is 38.1. The lowest BCUT2D eigenvalue weighted by atomic mass is 9.96. The number of halogens is 3. The fourth-order valence-electron chi connectivity index (χ4n) is 1.75. The maximum Gasteiger partial charge on any atom is 0.416 e. The zero-order valence-electron chi connectivity index (χ0n) is 9.27. The molecule has 0 saturated carbocycles. The molecular formula is C12H16F3N. The molecule has 0 aliphatic heterocycles. The Labute approximate surface area is 93.5 Å². The van der Waals surface area contributed by atoms with E-state index in [1.165, 1.54) is 6.07 Å². The number of benzene rings is 1. The quantitative estimate of drug-likeness (QED) is 0.790. The van der Waals surface area contributed by atoms with Crippen molar-refractivity contribution in [2.45, 2.75) is 32.4 Å². The van der Waals surface area contributed by atoms with Crippen molar-refractivity contribution in [1.29, 1.82) is 0 Å². The number of hydrogen-bond acceptors (Lipinski definition) is 1. The summed E-state index contributed by atoms with van der Waals surface area (Å²) in [4.78, 5) is 0. The third-order valence-corrected chi connectivity index (χ3v) is 2.60. The molecule has 1 aromatic carbocycles. The molecule has 0 atom stereocenters. The van der Waals surface area contributed by atoms with E-state index in [2.05, 4.69) is 0 Å². The van der Waals surface area contributed by atoms with Crippen molar-refractivity contribution in [3.05, 3.63) is 34.9 Å². The minimum Gasteiger partial charge on any atom is -0.330 e. The smallest absolute Gasteiger partial charge is 0.330 e. The summed E-state index contributed by atoms with van der Waals surface area (Å²) in [6.07, 6.45) is -2.36. The molecule has 0 amide bonds. The molecule has 1 aromatic rings. The Morgan fingerprint density at radius 3 is 2.44 bits per heavy atom. The topological polar surface area (TPSA) is 26.0 Å². The molecule has 0 unspecified atom stereocenters. The number of aryl methyl sites for hydroxylation is 1. The number of hydrogen-bond donors (Lipinski definition) is 1. The summed E-state index contributed by atoms with van der Waals surface area (Å²) in [5.74, 6) is 0. The highest BCUT2D eigenvalue weighted by Gasteiger charge is 2.33. The lowest BCUT2D eigenvalue weighted by Gasteiger charge is -2.14. The largest absolute Gasteiger partial charge is 0.416 e. The molecule has 0 radical (unpaired) electrons. The van der Waals surface area contributed by atoms with Gasteiger partial charge in [0.2, 0.25) is 0 Å². The maximum atomic E-state index is 12.7. The second-order valence-corrected chi connectivity index (χ2v) is 3.84. The summed E-state index contributed by atoms with van der Waals surface area (Å²) >= 11 is 0. The van der Waals surface area contributed by atoms with Crippen LogP contribution < -0.4 is 5.73 Å². The van der Waals surface area contributed by atoms with E-state index in [4.69, 9.17) is 5.73 Å². The first kappa shape index (κ1) is 13.0. The molecule has 0 bridgehead atoms. The second kappa shape index (κ2) is 5.34. The zero-order valence-corrected chi connectivity index (χ0v) is 9.27. The molecule has 0 fully saturated rings. The van der Waals surface area contributed by atoms with Crippen molar-refractivity contribution in [3.8, 4) is 0 Å². The van der Waals surface area contributed by atoms with Crippen molar-refractivity contribution >= 4 is 0 Å². The van der Waals surface area contributed by atoms with E-state index in [1.807, 2.05) is 0 Å². The van der Waals surface area contributed by atoms with Gasteiger partial charge in [0.25, 0.3) is 0 Å². The first-order valence-corrected chi connectivity index (χ1v) is 5.32.